The number of rotatable bonds is 4. The summed E-state index contributed by atoms with van der Waals surface area (Å²) in [7, 11) is 0. The maximum Gasteiger partial charge on any atom is 0.217 e. The first kappa shape index (κ1) is 12.8. The van der Waals surface area contributed by atoms with Crippen LogP contribution in [-0.2, 0) is 4.79 Å². The number of carbonyl (C=O) groups excluding carboxylic acids is 1. The van der Waals surface area contributed by atoms with Gasteiger partial charge in [-0.3, -0.25) is 9.69 Å². The van der Waals surface area contributed by atoms with E-state index in [1.807, 2.05) is 11.8 Å². The predicted octanol–water partition coefficient (Wildman–Crippen LogP) is 1.69. The zero-order valence-electron chi connectivity index (χ0n) is 9.95. The number of piperidine rings is 1. The van der Waals surface area contributed by atoms with Gasteiger partial charge in [0.15, 0.2) is 0 Å². The molecule has 0 radical (unpaired) electrons. The van der Waals surface area contributed by atoms with E-state index in [0.717, 1.165) is 25.9 Å². The minimum absolute atomic E-state index is 0.101. The molecule has 1 heterocycles. The van der Waals surface area contributed by atoms with E-state index >= 15 is 0 Å². The summed E-state index contributed by atoms with van der Waals surface area (Å²) < 4.78 is 0. The van der Waals surface area contributed by atoms with E-state index in [9.17, 15) is 4.79 Å². The zero-order chi connectivity index (χ0) is 11.3. The zero-order valence-corrected chi connectivity index (χ0v) is 10.8. The smallest absolute Gasteiger partial charge is 0.217 e. The van der Waals surface area contributed by atoms with Crippen LogP contribution < -0.4 is 5.32 Å². The highest BCUT2D eigenvalue weighted by atomic mass is 32.2. The molecular formula is C11H22N2OS. The third kappa shape index (κ3) is 4.43. The molecule has 1 aliphatic heterocycles. The molecular weight excluding hydrogens is 208 g/mol. The third-order valence-corrected chi connectivity index (χ3v) is 3.97. The van der Waals surface area contributed by atoms with Gasteiger partial charge in [0.2, 0.25) is 5.91 Å². The molecule has 1 unspecified atom stereocenters. The van der Waals surface area contributed by atoms with Gasteiger partial charge in [-0.1, -0.05) is 6.92 Å². The number of carbonyl (C=O) groups is 1. The molecule has 3 nitrogen and oxygen atoms in total. The molecule has 1 amide bonds. The Morgan fingerprint density at radius 2 is 2.13 bits per heavy atom. The second-order valence-corrected chi connectivity index (χ2v) is 5.66. The lowest BCUT2D eigenvalue weighted by Crippen LogP contribution is -2.46. The molecule has 1 aliphatic rings. The van der Waals surface area contributed by atoms with Crippen molar-refractivity contribution in [1.82, 2.24) is 10.2 Å². The van der Waals surface area contributed by atoms with Crippen molar-refractivity contribution in [3.8, 4) is 0 Å². The van der Waals surface area contributed by atoms with Crippen molar-refractivity contribution >= 4 is 17.7 Å². The summed E-state index contributed by atoms with van der Waals surface area (Å²) in [6.07, 6.45) is 2.18. The Labute approximate surface area is 97.0 Å². The topological polar surface area (TPSA) is 32.3 Å². The summed E-state index contributed by atoms with van der Waals surface area (Å²) in [4.78, 5) is 13.4. The molecule has 88 valence electrons. The highest BCUT2D eigenvalue weighted by molar-refractivity contribution is 7.99. The van der Waals surface area contributed by atoms with Gasteiger partial charge in [0, 0.05) is 26.1 Å². The Morgan fingerprint density at radius 1 is 1.53 bits per heavy atom. The first-order valence-corrected chi connectivity index (χ1v) is 6.81. The number of hydrogen-bond acceptors (Lipinski definition) is 3. The number of likely N-dealkylation sites (tertiary alicyclic amines) is 1. The van der Waals surface area contributed by atoms with Crippen molar-refractivity contribution in [3.05, 3.63) is 0 Å². The third-order valence-electron chi connectivity index (χ3n) is 2.86. The maximum absolute atomic E-state index is 10.9. The van der Waals surface area contributed by atoms with Gasteiger partial charge in [0.05, 0.1) is 5.37 Å². The van der Waals surface area contributed by atoms with Crippen LogP contribution in [-0.4, -0.2) is 41.1 Å². The Hall–Kier alpha value is -0.220. The van der Waals surface area contributed by atoms with E-state index in [1.54, 1.807) is 6.92 Å². The van der Waals surface area contributed by atoms with Crippen molar-refractivity contribution in [2.45, 2.75) is 45.0 Å². The van der Waals surface area contributed by atoms with Gasteiger partial charge in [-0.05, 0) is 25.5 Å². The van der Waals surface area contributed by atoms with Crippen molar-refractivity contribution < 1.29 is 4.79 Å². The van der Waals surface area contributed by atoms with Gasteiger partial charge >= 0.3 is 0 Å². The van der Waals surface area contributed by atoms with Crippen molar-refractivity contribution in [2.24, 2.45) is 0 Å². The van der Waals surface area contributed by atoms with Crippen LogP contribution in [0.15, 0.2) is 0 Å². The molecule has 15 heavy (non-hydrogen) atoms. The van der Waals surface area contributed by atoms with Gasteiger partial charge in [-0.2, -0.15) is 0 Å². The second-order valence-electron chi connectivity index (χ2n) is 4.07. The molecule has 1 rings (SSSR count). The normalized spacial score (nSPS) is 21.3. The summed E-state index contributed by atoms with van der Waals surface area (Å²) in [5.41, 5.74) is 0. The summed E-state index contributed by atoms with van der Waals surface area (Å²) in [5, 5.41) is 3.62. The van der Waals surface area contributed by atoms with E-state index in [2.05, 4.69) is 24.1 Å². The van der Waals surface area contributed by atoms with E-state index in [0.29, 0.717) is 11.4 Å². The summed E-state index contributed by atoms with van der Waals surface area (Å²) in [6.45, 7) is 8.29. The average Bonchev–Trinajstić information content (AvgIpc) is 2.18. The highest BCUT2D eigenvalue weighted by Gasteiger charge is 2.22. The second kappa shape index (κ2) is 6.38. The number of nitrogens with one attached hydrogen (secondary N) is 1. The Bertz CT molecular complexity index is 203. The Kier molecular flexibility index (Phi) is 5.47. The van der Waals surface area contributed by atoms with Crippen LogP contribution in [0.1, 0.15) is 33.6 Å². The lowest BCUT2D eigenvalue weighted by molar-refractivity contribution is -0.119. The largest absolute Gasteiger partial charge is 0.354 e. The summed E-state index contributed by atoms with van der Waals surface area (Å²) >= 11 is 1.99. The van der Waals surface area contributed by atoms with Gasteiger partial charge in [0.1, 0.15) is 0 Å². The number of nitrogens with zero attached hydrogens (tertiary/aromatic N) is 1. The molecule has 0 spiro atoms. The van der Waals surface area contributed by atoms with Crippen molar-refractivity contribution in [2.75, 3.05) is 18.8 Å². The fourth-order valence-electron chi connectivity index (χ4n) is 2.04. The van der Waals surface area contributed by atoms with E-state index < -0.39 is 0 Å². The fourth-order valence-corrected chi connectivity index (χ4v) is 2.95. The molecule has 0 saturated carbocycles. The first-order valence-electron chi connectivity index (χ1n) is 5.76. The molecule has 0 aromatic rings. The average molecular weight is 230 g/mol. The van der Waals surface area contributed by atoms with Crippen LogP contribution >= 0.6 is 11.8 Å². The predicted molar refractivity (Wildman–Crippen MR) is 66.0 cm³/mol. The van der Waals surface area contributed by atoms with Gasteiger partial charge in [-0.15, -0.1) is 11.8 Å². The summed E-state index contributed by atoms with van der Waals surface area (Å²) in [6, 6.07) is 0.401. The van der Waals surface area contributed by atoms with Gasteiger partial charge in [-0.25, -0.2) is 0 Å². The van der Waals surface area contributed by atoms with Crippen LogP contribution in [0.3, 0.4) is 0 Å². The minimum Gasteiger partial charge on any atom is -0.354 e. The molecule has 0 aromatic heterocycles. The fraction of sp³-hybridized carbons (Fsp3) is 0.909. The van der Waals surface area contributed by atoms with E-state index in [-0.39, 0.29) is 5.91 Å². The molecule has 4 heteroatoms. The van der Waals surface area contributed by atoms with Crippen LogP contribution in [0, 0.1) is 0 Å². The number of thioether (sulfide) groups is 1. The van der Waals surface area contributed by atoms with Crippen LogP contribution in [0.2, 0.25) is 0 Å². The number of hydrogen-bond donors (Lipinski definition) is 1. The van der Waals surface area contributed by atoms with E-state index in [4.69, 9.17) is 0 Å². The van der Waals surface area contributed by atoms with E-state index in [1.165, 1.54) is 5.75 Å². The van der Waals surface area contributed by atoms with Gasteiger partial charge < -0.3 is 5.32 Å². The number of amides is 1. The quantitative estimate of drug-likeness (QED) is 0.797. The Balaban J connectivity index is 2.26. The molecule has 0 aromatic carbocycles. The molecule has 0 bridgehead atoms. The monoisotopic (exact) mass is 230 g/mol. The Morgan fingerprint density at radius 3 is 2.60 bits per heavy atom. The minimum atomic E-state index is 0.101. The van der Waals surface area contributed by atoms with Crippen molar-refractivity contribution in [3.63, 3.8) is 0 Å². The van der Waals surface area contributed by atoms with Gasteiger partial charge in [0.25, 0.3) is 0 Å². The van der Waals surface area contributed by atoms with Crippen LogP contribution in [0.5, 0.6) is 0 Å². The van der Waals surface area contributed by atoms with Crippen molar-refractivity contribution in [1.29, 1.82) is 0 Å². The molecule has 1 fully saturated rings. The molecule has 0 aliphatic carbocycles. The molecule has 1 saturated heterocycles. The summed E-state index contributed by atoms with van der Waals surface area (Å²) in [5.74, 6) is 1.27. The first-order chi connectivity index (χ1) is 7.13. The lowest BCUT2D eigenvalue weighted by Gasteiger charge is -2.35. The van der Waals surface area contributed by atoms with Crippen LogP contribution in [0.4, 0.5) is 0 Å². The standard InChI is InChI=1S/C11H22N2OS/c1-4-15-10(3)13-7-5-11(6-8-13)12-9(2)14/h10-11H,4-8H2,1-3H3,(H,12,14). The molecule has 1 atom stereocenters. The SMILES string of the molecule is CCSC(C)N1CCC(NC(C)=O)CC1. The maximum atomic E-state index is 10.9. The highest BCUT2D eigenvalue weighted by Crippen LogP contribution is 2.20. The lowest BCUT2D eigenvalue weighted by atomic mass is 10.1. The van der Waals surface area contributed by atoms with Crippen LogP contribution in [0.25, 0.3) is 0 Å². The molecule has 1 N–H and O–H groups in total.